The molecular weight excluding hydrogens is 202 g/mol. The second-order valence-electron chi connectivity index (χ2n) is 5.74. The average molecular weight is 229 g/mol. The molecule has 1 atom stereocenters. The number of nitrogens with one attached hydrogen (secondary N) is 1. The number of aliphatic hydroxyl groups excluding tert-OH is 1. The topological polar surface area (TPSA) is 41.5 Å². The molecule has 1 rings (SSSR count). The van der Waals surface area contributed by atoms with Crippen LogP contribution in [-0.4, -0.2) is 36.0 Å². The molecule has 2 N–H and O–H groups in total. The van der Waals surface area contributed by atoms with Gasteiger partial charge in [0, 0.05) is 19.2 Å². The highest BCUT2D eigenvalue weighted by atomic mass is 16.5. The van der Waals surface area contributed by atoms with Gasteiger partial charge >= 0.3 is 0 Å². The minimum atomic E-state index is -0.0660. The monoisotopic (exact) mass is 229 g/mol. The fraction of sp³-hybridized carbons (Fsp3) is 1.00. The first kappa shape index (κ1) is 13.9. The van der Waals surface area contributed by atoms with Crippen LogP contribution in [0.25, 0.3) is 0 Å². The van der Waals surface area contributed by atoms with Gasteiger partial charge in [0.1, 0.15) is 0 Å². The first-order valence-corrected chi connectivity index (χ1v) is 6.42. The highest BCUT2D eigenvalue weighted by molar-refractivity contribution is 4.82. The molecule has 1 aliphatic rings. The van der Waals surface area contributed by atoms with Crippen molar-refractivity contribution in [3.05, 3.63) is 0 Å². The summed E-state index contributed by atoms with van der Waals surface area (Å²) in [5, 5.41) is 13.1. The Morgan fingerprint density at radius 2 is 1.88 bits per heavy atom. The summed E-state index contributed by atoms with van der Waals surface area (Å²) in [6.45, 7) is 6.46. The Bertz CT molecular complexity index is 198. The summed E-state index contributed by atoms with van der Waals surface area (Å²) in [5.74, 6) is 0. The minimum Gasteiger partial charge on any atom is -0.393 e. The van der Waals surface area contributed by atoms with Gasteiger partial charge in [-0.2, -0.15) is 0 Å². The predicted molar refractivity (Wildman–Crippen MR) is 66.6 cm³/mol. The molecule has 0 radical (unpaired) electrons. The molecule has 0 aromatic carbocycles. The summed E-state index contributed by atoms with van der Waals surface area (Å²) in [7, 11) is 1.77. The van der Waals surface area contributed by atoms with Crippen molar-refractivity contribution in [3.8, 4) is 0 Å². The lowest BCUT2D eigenvalue weighted by Crippen LogP contribution is -2.43. The zero-order chi connectivity index (χ0) is 12.2. The number of rotatable bonds is 5. The predicted octanol–water partition coefficient (Wildman–Crippen LogP) is 2.08. The molecule has 96 valence electrons. The van der Waals surface area contributed by atoms with Crippen molar-refractivity contribution in [2.24, 2.45) is 0 Å². The van der Waals surface area contributed by atoms with Gasteiger partial charge in [0.15, 0.2) is 0 Å². The molecule has 0 heterocycles. The normalized spacial score (nSPS) is 29.1. The van der Waals surface area contributed by atoms with Crippen LogP contribution in [0.15, 0.2) is 0 Å². The van der Waals surface area contributed by atoms with Gasteiger partial charge in [-0.05, 0) is 52.9 Å². The number of ether oxygens (including phenoxy) is 1. The maximum Gasteiger partial charge on any atom is 0.0637 e. The van der Waals surface area contributed by atoms with Gasteiger partial charge < -0.3 is 15.2 Å². The molecule has 16 heavy (non-hydrogen) atoms. The second kappa shape index (κ2) is 5.99. The summed E-state index contributed by atoms with van der Waals surface area (Å²) in [5.41, 5.74) is -0.0550. The van der Waals surface area contributed by atoms with E-state index in [0.717, 1.165) is 32.1 Å². The van der Waals surface area contributed by atoms with E-state index in [-0.39, 0.29) is 11.7 Å². The lowest BCUT2D eigenvalue weighted by molar-refractivity contribution is 0.00655. The van der Waals surface area contributed by atoms with E-state index in [1.165, 1.54) is 0 Å². The summed E-state index contributed by atoms with van der Waals surface area (Å²) in [4.78, 5) is 0. The van der Waals surface area contributed by atoms with Gasteiger partial charge in [0.05, 0.1) is 11.7 Å². The minimum absolute atomic E-state index is 0.0550. The van der Waals surface area contributed by atoms with E-state index in [0.29, 0.717) is 12.1 Å². The standard InChI is InChI=1S/C13H27NO2/c1-10(9-13(2,3)16-4)14-11-5-7-12(15)8-6-11/h10-12,14-15H,5-9H2,1-4H3. The molecular formula is C13H27NO2. The van der Waals surface area contributed by atoms with Crippen LogP contribution in [0.5, 0.6) is 0 Å². The molecule has 1 fully saturated rings. The molecule has 3 nitrogen and oxygen atoms in total. The first-order chi connectivity index (χ1) is 7.43. The van der Waals surface area contributed by atoms with E-state index in [4.69, 9.17) is 4.74 Å². The third kappa shape index (κ3) is 4.81. The Balaban J connectivity index is 2.26. The fourth-order valence-electron chi connectivity index (χ4n) is 2.52. The van der Waals surface area contributed by atoms with Crippen LogP contribution in [0.2, 0.25) is 0 Å². The fourth-order valence-corrected chi connectivity index (χ4v) is 2.52. The SMILES string of the molecule is COC(C)(C)CC(C)NC1CCC(O)CC1. The third-order valence-corrected chi connectivity index (χ3v) is 3.57. The summed E-state index contributed by atoms with van der Waals surface area (Å²) in [6, 6.07) is 1.04. The lowest BCUT2D eigenvalue weighted by Gasteiger charge is -2.32. The van der Waals surface area contributed by atoms with Crippen molar-refractivity contribution in [3.63, 3.8) is 0 Å². The van der Waals surface area contributed by atoms with Crippen molar-refractivity contribution in [2.45, 2.75) is 76.7 Å². The molecule has 1 aliphatic carbocycles. The van der Waals surface area contributed by atoms with Crippen molar-refractivity contribution in [1.29, 1.82) is 0 Å². The Hall–Kier alpha value is -0.120. The second-order valence-corrected chi connectivity index (χ2v) is 5.74. The largest absolute Gasteiger partial charge is 0.393 e. The number of hydrogen-bond acceptors (Lipinski definition) is 3. The van der Waals surface area contributed by atoms with Gasteiger partial charge in [0.25, 0.3) is 0 Å². The molecule has 0 bridgehead atoms. The molecule has 0 aliphatic heterocycles. The van der Waals surface area contributed by atoms with E-state index in [1.807, 2.05) is 0 Å². The lowest BCUT2D eigenvalue weighted by atomic mass is 9.91. The van der Waals surface area contributed by atoms with Crippen LogP contribution >= 0.6 is 0 Å². The van der Waals surface area contributed by atoms with Crippen LogP contribution in [-0.2, 0) is 4.74 Å². The molecule has 0 saturated heterocycles. The van der Waals surface area contributed by atoms with Crippen molar-refractivity contribution < 1.29 is 9.84 Å². The molecule has 0 amide bonds. The van der Waals surface area contributed by atoms with Crippen molar-refractivity contribution in [1.82, 2.24) is 5.32 Å². The number of methoxy groups -OCH3 is 1. The van der Waals surface area contributed by atoms with Crippen molar-refractivity contribution >= 4 is 0 Å². The molecule has 3 heteroatoms. The molecule has 0 aromatic rings. The summed E-state index contributed by atoms with van der Waals surface area (Å²) < 4.78 is 5.43. The Morgan fingerprint density at radius 3 is 2.38 bits per heavy atom. The van der Waals surface area contributed by atoms with E-state index in [9.17, 15) is 5.11 Å². The summed E-state index contributed by atoms with van der Waals surface area (Å²) >= 11 is 0. The van der Waals surface area contributed by atoms with Crippen LogP contribution in [0.4, 0.5) is 0 Å². The van der Waals surface area contributed by atoms with Gasteiger partial charge in [-0.25, -0.2) is 0 Å². The highest BCUT2D eigenvalue weighted by Crippen LogP contribution is 2.21. The Kier molecular flexibility index (Phi) is 5.22. The van der Waals surface area contributed by atoms with Crippen LogP contribution in [0.1, 0.15) is 52.9 Å². The third-order valence-electron chi connectivity index (χ3n) is 3.57. The highest BCUT2D eigenvalue weighted by Gasteiger charge is 2.24. The van der Waals surface area contributed by atoms with Crippen LogP contribution in [0.3, 0.4) is 0 Å². The molecule has 1 saturated carbocycles. The van der Waals surface area contributed by atoms with E-state index in [1.54, 1.807) is 7.11 Å². The summed E-state index contributed by atoms with van der Waals surface area (Å²) in [6.07, 6.45) is 5.03. The van der Waals surface area contributed by atoms with Crippen LogP contribution < -0.4 is 5.32 Å². The van der Waals surface area contributed by atoms with E-state index in [2.05, 4.69) is 26.1 Å². The maximum atomic E-state index is 9.44. The smallest absolute Gasteiger partial charge is 0.0637 e. The van der Waals surface area contributed by atoms with E-state index >= 15 is 0 Å². The molecule has 0 aromatic heterocycles. The first-order valence-electron chi connectivity index (χ1n) is 6.42. The van der Waals surface area contributed by atoms with Crippen molar-refractivity contribution in [2.75, 3.05) is 7.11 Å². The van der Waals surface area contributed by atoms with Gasteiger partial charge in [0.2, 0.25) is 0 Å². The zero-order valence-electron chi connectivity index (χ0n) is 11.1. The number of hydrogen-bond donors (Lipinski definition) is 2. The van der Waals surface area contributed by atoms with Gasteiger partial charge in [-0.1, -0.05) is 0 Å². The Morgan fingerprint density at radius 1 is 1.31 bits per heavy atom. The molecule has 0 spiro atoms. The van der Waals surface area contributed by atoms with Gasteiger partial charge in [-0.15, -0.1) is 0 Å². The number of aliphatic hydroxyl groups is 1. The van der Waals surface area contributed by atoms with Crippen LogP contribution in [0, 0.1) is 0 Å². The zero-order valence-corrected chi connectivity index (χ0v) is 11.1. The Labute approximate surface area is 99.6 Å². The maximum absolute atomic E-state index is 9.44. The average Bonchev–Trinajstić information content (AvgIpc) is 2.21. The van der Waals surface area contributed by atoms with E-state index < -0.39 is 0 Å². The molecule has 1 unspecified atom stereocenters. The van der Waals surface area contributed by atoms with Gasteiger partial charge in [-0.3, -0.25) is 0 Å². The quantitative estimate of drug-likeness (QED) is 0.758.